The maximum absolute atomic E-state index is 12.4. The number of thiocarbonyl (C=S) groups is 1. The van der Waals surface area contributed by atoms with E-state index in [1.807, 2.05) is 0 Å². The lowest BCUT2D eigenvalue weighted by Gasteiger charge is -2.24. The van der Waals surface area contributed by atoms with Crippen molar-refractivity contribution in [2.75, 3.05) is 5.01 Å². The molecule has 0 saturated heterocycles. The van der Waals surface area contributed by atoms with Crippen LogP contribution < -0.4 is 20.9 Å². The molecule has 0 radical (unpaired) electrons. The number of halogens is 3. The molecule has 0 aliphatic carbocycles. The molecular formula is C15H12ClF2N3O2S. The van der Waals surface area contributed by atoms with Crippen LogP contribution in [0.5, 0.6) is 5.75 Å². The zero-order valence-electron chi connectivity index (χ0n) is 12.1. The fourth-order valence-electron chi connectivity index (χ4n) is 1.85. The predicted molar refractivity (Wildman–Crippen MR) is 91.3 cm³/mol. The monoisotopic (exact) mass is 371 g/mol. The number of ether oxygens (including phenoxy) is 1. The summed E-state index contributed by atoms with van der Waals surface area (Å²) in [7, 11) is 0. The quantitative estimate of drug-likeness (QED) is 0.637. The topological polar surface area (TPSA) is 67.6 Å². The van der Waals surface area contributed by atoms with Crippen LogP contribution in [0.15, 0.2) is 48.5 Å². The van der Waals surface area contributed by atoms with E-state index in [0.29, 0.717) is 10.7 Å². The smallest absolute Gasteiger partial charge is 0.387 e. The average molecular weight is 372 g/mol. The van der Waals surface area contributed by atoms with Crippen LogP contribution in [-0.2, 0) is 0 Å². The molecule has 0 fully saturated rings. The first-order chi connectivity index (χ1) is 11.4. The lowest BCUT2D eigenvalue weighted by atomic mass is 10.2. The Morgan fingerprint density at radius 1 is 1.21 bits per heavy atom. The first-order valence-electron chi connectivity index (χ1n) is 6.58. The SMILES string of the molecule is NC(=S)N(NC(=O)c1ccccc1OC(F)F)c1ccc(Cl)cc1. The van der Waals surface area contributed by atoms with E-state index >= 15 is 0 Å². The standard InChI is InChI=1S/C15H12ClF2N3O2S/c16-9-5-7-10(8-6-9)21(15(19)24)20-13(22)11-3-1-2-4-12(11)23-14(17)18/h1-8,14H,(H2,19,24)(H,20,22). The number of hydrogen-bond acceptors (Lipinski definition) is 3. The Balaban J connectivity index is 2.26. The molecule has 0 aliphatic rings. The van der Waals surface area contributed by atoms with Crippen molar-refractivity contribution in [3.63, 3.8) is 0 Å². The van der Waals surface area contributed by atoms with E-state index in [-0.39, 0.29) is 16.4 Å². The number of nitrogens with two attached hydrogens (primary N) is 1. The lowest BCUT2D eigenvalue weighted by Crippen LogP contribution is -2.49. The number of benzene rings is 2. The Morgan fingerprint density at radius 2 is 1.83 bits per heavy atom. The summed E-state index contributed by atoms with van der Waals surface area (Å²) in [6, 6.07) is 11.9. The lowest BCUT2D eigenvalue weighted by molar-refractivity contribution is -0.0501. The number of nitrogens with one attached hydrogen (secondary N) is 1. The van der Waals surface area contributed by atoms with Gasteiger partial charge in [-0.3, -0.25) is 10.2 Å². The summed E-state index contributed by atoms with van der Waals surface area (Å²) >= 11 is 10.7. The van der Waals surface area contributed by atoms with E-state index < -0.39 is 12.5 Å². The van der Waals surface area contributed by atoms with Crippen LogP contribution in [0.25, 0.3) is 0 Å². The molecule has 0 bridgehead atoms. The minimum atomic E-state index is -3.05. The van der Waals surface area contributed by atoms with Gasteiger partial charge in [0.25, 0.3) is 5.91 Å². The van der Waals surface area contributed by atoms with E-state index in [9.17, 15) is 13.6 Å². The molecule has 9 heteroatoms. The van der Waals surface area contributed by atoms with Gasteiger partial charge in [-0.2, -0.15) is 8.78 Å². The molecular weight excluding hydrogens is 360 g/mol. The molecule has 2 aromatic carbocycles. The number of anilines is 1. The van der Waals surface area contributed by atoms with Crippen LogP contribution in [0.2, 0.25) is 5.02 Å². The third-order valence-electron chi connectivity index (χ3n) is 2.87. The van der Waals surface area contributed by atoms with E-state index in [2.05, 4.69) is 10.2 Å². The molecule has 0 aliphatic heterocycles. The van der Waals surface area contributed by atoms with Gasteiger partial charge in [0.05, 0.1) is 11.3 Å². The number of para-hydroxylation sites is 1. The van der Waals surface area contributed by atoms with Crippen LogP contribution >= 0.6 is 23.8 Å². The van der Waals surface area contributed by atoms with Gasteiger partial charge in [-0.25, -0.2) is 5.01 Å². The zero-order valence-corrected chi connectivity index (χ0v) is 13.7. The third kappa shape index (κ3) is 4.53. The van der Waals surface area contributed by atoms with Gasteiger partial charge in [0.2, 0.25) is 0 Å². The fraction of sp³-hybridized carbons (Fsp3) is 0.0667. The van der Waals surface area contributed by atoms with Crippen molar-refractivity contribution < 1.29 is 18.3 Å². The molecule has 0 heterocycles. The van der Waals surface area contributed by atoms with Gasteiger partial charge < -0.3 is 10.5 Å². The molecule has 5 nitrogen and oxygen atoms in total. The van der Waals surface area contributed by atoms with E-state index in [1.54, 1.807) is 24.3 Å². The second-order valence-electron chi connectivity index (χ2n) is 4.47. The highest BCUT2D eigenvalue weighted by molar-refractivity contribution is 7.80. The van der Waals surface area contributed by atoms with Gasteiger partial charge >= 0.3 is 6.61 Å². The Labute approximate surface area is 146 Å². The molecule has 0 aromatic heterocycles. The third-order valence-corrected chi connectivity index (χ3v) is 3.30. The number of rotatable bonds is 4. The highest BCUT2D eigenvalue weighted by atomic mass is 35.5. The molecule has 2 rings (SSSR count). The first kappa shape index (κ1) is 17.9. The minimum absolute atomic E-state index is 0.0898. The Kier molecular flexibility index (Phi) is 5.88. The summed E-state index contributed by atoms with van der Waals surface area (Å²) < 4.78 is 29.2. The molecule has 0 saturated carbocycles. The predicted octanol–water partition coefficient (Wildman–Crippen LogP) is 3.34. The number of nitrogens with zero attached hydrogens (tertiary/aromatic N) is 1. The van der Waals surface area contributed by atoms with Crippen molar-refractivity contribution in [1.82, 2.24) is 5.43 Å². The number of amides is 1. The maximum atomic E-state index is 12.4. The summed E-state index contributed by atoms with van der Waals surface area (Å²) in [4.78, 5) is 12.4. The number of alkyl halides is 2. The Hall–Kier alpha value is -2.45. The summed E-state index contributed by atoms with van der Waals surface area (Å²) in [5, 5.41) is 1.48. The largest absolute Gasteiger partial charge is 0.434 e. The van der Waals surface area contributed by atoms with Gasteiger partial charge in [0.1, 0.15) is 5.75 Å². The molecule has 2 aromatic rings. The number of hydrogen-bond donors (Lipinski definition) is 2. The normalized spacial score (nSPS) is 10.3. The van der Waals surface area contributed by atoms with Crippen LogP contribution in [-0.4, -0.2) is 17.6 Å². The van der Waals surface area contributed by atoms with Gasteiger partial charge in [-0.15, -0.1) is 0 Å². The molecule has 126 valence electrons. The number of carbonyl (C=O) groups is 1. The van der Waals surface area contributed by atoms with E-state index in [1.165, 1.54) is 24.3 Å². The fourth-order valence-corrected chi connectivity index (χ4v) is 2.13. The van der Waals surface area contributed by atoms with Gasteiger partial charge in [0, 0.05) is 5.02 Å². The maximum Gasteiger partial charge on any atom is 0.387 e. The Morgan fingerprint density at radius 3 is 2.42 bits per heavy atom. The second-order valence-corrected chi connectivity index (χ2v) is 5.32. The summed E-state index contributed by atoms with van der Waals surface area (Å²) in [5.74, 6) is -0.974. The molecule has 0 spiro atoms. The van der Waals surface area contributed by atoms with Crippen LogP contribution in [0.4, 0.5) is 14.5 Å². The summed E-state index contributed by atoms with van der Waals surface area (Å²) in [6.07, 6.45) is 0. The molecule has 0 unspecified atom stereocenters. The first-order valence-corrected chi connectivity index (χ1v) is 7.37. The van der Waals surface area contributed by atoms with Crippen molar-refractivity contribution in [3.05, 3.63) is 59.1 Å². The molecule has 1 amide bonds. The highest BCUT2D eigenvalue weighted by Gasteiger charge is 2.19. The number of hydrazine groups is 1. The van der Waals surface area contributed by atoms with Gasteiger partial charge in [0.15, 0.2) is 5.11 Å². The minimum Gasteiger partial charge on any atom is -0.434 e. The zero-order chi connectivity index (χ0) is 17.7. The van der Waals surface area contributed by atoms with Gasteiger partial charge in [-0.05, 0) is 48.6 Å². The van der Waals surface area contributed by atoms with E-state index in [0.717, 1.165) is 5.01 Å². The summed E-state index contributed by atoms with van der Waals surface area (Å²) in [6.45, 7) is -3.05. The van der Waals surface area contributed by atoms with Crippen molar-refractivity contribution >= 4 is 40.5 Å². The molecule has 24 heavy (non-hydrogen) atoms. The molecule has 3 N–H and O–H groups in total. The second kappa shape index (κ2) is 7.89. The van der Waals surface area contributed by atoms with Crippen molar-refractivity contribution in [3.8, 4) is 5.75 Å². The van der Waals surface area contributed by atoms with Crippen LogP contribution in [0.3, 0.4) is 0 Å². The number of carbonyl (C=O) groups excluding carboxylic acids is 1. The molecule has 0 atom stereocenters. The summed E-state index contributed by atoms with van der Waals surface area (Å²) in [5.41, 5.74) is 8.41. The van der Waals surface area contributed by atoms with Crippen molar-refractivity contribution in [2.45, 2.75) is 6.61 Å². The highest BCUT2D eigenvalue weighted by Crippen LogP contribution is 2.21. The van der Waals surface area contributed by atoms with Gasteiger partial charge in [-0.1, -0.05) is 23.7 Å². The van der Waals surface area contributed by atoms with Crippen molar-refractivity contribution in [1.29, 1.82) is 0 Å². The van der Waals surface area contributed by atoms with Crippen molar-refractivity contribution in [2.24, 2.45) is 5.73 Å². The van der Waals surface area contributed by atoms with Crippen LogP contribution in [0.1, 0.15) is 10.4 Å². The average Bonchev–Trinajstić information content (AvgIpc) is 2.53. The van der Waals surface area contributed by atoms with E-state index in [4.69, 9.17) is 29.6 Å². The van der Waals surface area contributed by atoms with Crippen LogP contribution in [0, 0.1) is 0 Å². The Bertz CT molecular complexity index is 744.